The predicted molar refractivity (Wildman–Crippen MR) is 81.8 cm³/mol. The Balaban J connectivity index is 2.89. The van der Waals surface area contributed by atoms with Crippen LogP contribution in [0.1, 0.15) is 38.3 Å². The van der Waals surface area contributed by atoms with E-state index in [4.69, 9.17) is 0 Å². The first-order valence-corrected chi connectivity index (χ1v) is 6.99. The predicted octanol–water partition coefficient (Wildman–Crippen LogP) is 2.57. The van der Waals surface area contributed by atoms with Gasteiger partial charge in [-0.05, 0) is 50.5 Å². The first kappa shape index (κ1) is 16.2. The van der Waals surface area contributed by atoms with Gasteiger partial charge >= 0.3 is 0 Å². The zero-order chi connectivity index (χ0) is 15.3. The third-order valence-electron chi connectivity index (χ3n) is 3.22. The van der Waals surface area contributed by atoms with Gasteiger partial charge in [0.15, 0.2) is 0 Å². The molecule has 0 aliphatic heterocycles. The van der Waals surface area contributed by atoms with Gasteiger partial charge in [0, 0.05) is 18.7 Å². The molecule has 0 spiro atoms. The molecule has 1 rings (SSSR count). The summed E-state index contributed by atoms with van der Waals surface area (Å²) in [5, 5.41) is 2.88. The first-order chi connectivity index (χ1) is 9.33. The SMILES string of the molecule is CCC(C)NC(=O)CN(C(C)=O)c1cc(C)cc(C)c1. The molecule has 20 heavy (non-hydrogen) atoms. The van der Waals surface area contributed by atoms with E-state index in [2.05, 4.69) is 5.32 Å². The number of amides is 2. The number of nitrogens with one attached hydrogen (secondary N) is 1. The molecule has 0 aliphatic rings. The third kappa shape index (κ3) is 4.68. The van der Waals surface area contributed by atoms with Crippen LogP contribution < -0.4 is 10.2 Å². The minimum absolute atomic E-state index is 0.0581. The van der Waals surface area contributed by atoms with E-state index in [0.717, 1.165) is 23.2 Å². The van der Waals surface area contributed by atoms with Crippen molar-refractivity contribution in [2.45, 2.75) is 47.1 Å². The van der Waals surface area contributed by atoms with E-state index >= 15 is 0 Å². The average Bonchev–Trinajstić information content (AvgIpc) is 2.34. The summed E-state index contributed by atoms with van der Waals surface area (Å²) in [5.74, 6) is -0.261. The van der Waals surface area contributed by atoms with Crippen molar-refractivity contribution in [3.63, 3.8) is 0 Å². The number of benzene rings is 1. The van der Waals surface area contributed by atoms with Gasteiger partial charge in [-0.3, -0.25) is 9.59 Å². The Morgan fingerprint density at radius 2 is 1.75 bits per heavy atom. The van der Waals surface area contributed by atoms with Crippen LogP contribution in [-0.4, -0.2) is 24.4 Å². The van der Waals surface area contributed by atoms with Gasteiger partial charge in [-0.2, -0.15) is 0 Å². The molecule has 1 N–H and O–H groups in total. The maximum Gasteiger partial charge on any atom is 0.240 e. The van der Waals surface area contributed by atoms with E-state index in [-0.39, 0.29) is 24.4 Å². The van der Waals surface area contributed by atoms with Crippen molar-refractivity contribution >= 4 is 17.5 Å². The molecule has 1 unspecified atom stereocenters. The highest BCUT2D eigenvalue weighted by Gasteiger charge is 2.17. The van der Waals surface area contributed by atoms with Gasteiger partial charge in [0.05, 0.1) is 0 Å². The maximum atomic E-state index is 12.0. The Morgan fingerprint density at radius 3 is 2.20 bits per heavy atom. The molecule has 0 bridgehead atoms. The lowest BCUT2D eigenvalue weighted by molar-refractivity contribution is -0.123. The standard InChI is InChI=1S/C16H24N2O2/c1-6-13(4)17-16(20)10-18(14(5)19)15-8-11(2)7-12(3)9-15/h7-9,13H,6,10H2,1-5H3,(H,17,20). The van der Waals surface area contributed by atoms with Crippen molar-refractivity contribution in [3.05, 3.63) is 29.3 Å². The fraction of sp³-hybridized carbons (Fsp3) is 0.500. The first-order valence-electron chi connectivity index (χ1n) is 6.99. The summed E-state index contributed by atoms with van der Waals surface area (Å²) in [5.41, 5.74) is 2.93. The quantitative estimate of drug-likeness (QED) is 0.898. The van der Waals surface area contributed by atoms with Crippen molar-refractivity contribution in [2.75, 3.05) is 11.4 Å². The van der Waals surface area contributed by atoms with Crippen LogP contribution in [-0.2, 0) is 9.59 Å². The summed E-state index contributed by atoms with van der Waals surface area (Å²) in [6.07, 6.45) is 0.870. The Morgan fingerprint density at radius 1 is 1.20 bits per heavy atom. The summed E-state index contributed by atoms with van der Waals surface area (Å²) < 4.78 is 0. The van der Waals surface area contributed by atoms with Gasteiger partial charge in [-0.1, -0.05) is 13.0 Å². The van der Waals surface area contributed by atoms with Crippen LogP contribution in [0, 0.1) is 13.8 Å². The van der Waals surface area contributed by atoms with Crippen LogP contribution in [0.25, 0.3) is 0 Å². The summed E-state index contributed by atoms with van der Waals surface area (Å²) in [4.78, 5) is 25.3. The van der Waals surface area contributed by atoms with Gasteiger partial charge in [0.1, 0.15) is 6.54 Å². The van der Waals surface area contributed by atoms with Crippen LogP contribution in [0.3, 0.4) is 0 Å². The van der Waals surface area contributed by atoms with Crippen molar-refractivity contribution in [2.24, 2.45) is 0 Å². The lowest BCUT2D eigenvalue weighted by atomic mass is 10.1. The van der Waals surface area contributed by atoms with Crippen molar-refractivity contribution < 1.29 is 9.59 Å². The zero-order valence-electron chi connectivity index (χ0n) is 13.0. The van der Waals surface area contributed by atoms with Gasteiger partial charge in [-0.25, -0.2) is 0 Å². The number of hydrogen-bond donors (Lipinski definition) is 1. The number of carbonyl (C=O) groups excluding carboxylic acids is 2. The fourth-order valence-corrected chi connectivity index (χ4v) is 2.06. The monoisotopic (exact) mass is 276 g/mol. The maximum absolute atomic E-state index is 12.0. The number of hydrogen-bond acceptors (Lipinski definition) is 2. The molecule has 1 aromatic carbocycles. The Hall–Kier alpha value is -1.84. The molecular weight excluding hydrogens is 252 g/mol. The van der Waals surface area contributed by atoms with Crippen molar-refractivity contribution in [1.29, 1.82) is 0 Å². The average molecular weight is 276 g/mol. The molecule has 0 aromatic heterocycles. The van der Waals surface area contributed by atoms with Gasteiger partial charge in [-0.15, -0.1) is 0 Å². The summed E-state index contributed by atoms with van der Waals surface area (Å²) in [6.45, 7) is 9.46. The second-order valence-corrected chi connectivity index (χ2v) is 5.33. The van der Waals surface area contributed by atoms with E-state index < -0.39 is 0 Å². The molecule has 4 heteroatoms. The highest BCUT2D eigenvalue weighted by Crippen LogP contribution is 2.18. The van der Waals surface area contributed by atoms with Crippen LogP contribution in [0.2, 0.25) is 0 Å². The van der Waals surface area contributed by atoms with Gasteiger partial charge in [0.2, 0.25) is 11.8 Å². The van der Waals surface area contributed by atoms with Gasteiger partial charge in [0.25, 0.3) is 0 Å². The number of anilines is 1. The van der Waals surface area contributed by atoms with Crippen LogP contribution in [0.5, 0.6) is 0 Å². The molecule has 1 atom stereocenters. The zero-order valence-corrected chi connectivity index (χ0v) is 13.0. The highest BCUT2D eigenvalue weighted by atomic mass is 16.2. The lowest BCUT2D eigenvalue weighted by Crippen LogP contribution is -2.42. The second kappa shape index (κ2) is 7.08. The van der Waals surface area contributed by atoms with Crippen LogP contribution >= 0.6 is 0 Å². The van der Waals surface area contributed by atoms with E-state index in [9.17, 15) is 9.59 Å². The molecular formula is C16H24N2O2. The largest absolute Gasteiger partial charge is 0.352 e. The van der Waals surface area contributed by atoms with E-state index in [0.29, 0.717) is 0 Å². The Bertz CT molecular complexity index is 477. The van der Waals surface area contributed by atoms with Crippen molar-refractivity contribution in [1.82, 2.24) is 5.32 Å². The molecule has 0 heterocycles. The summed E-state index contributed by atoms with van der Waals surface area (Å²) >= 11 is 0. The lowest BCUT2D eigenvalue weighted by Gasteiger charge is -2.22. The Kier molecular flexibility index (Phi) is 5.74. The van der Waals surface area contributed by atoms with Gasteiger partial charge < -0.3 is 10.2 Å². The molecule has 110 valence electrons. The molecule has 4 nitrogen and oxygen atoms in total. The smallest absolute Gasteiger partial charge is 0.240 e. The molecule has 0 saturated heterocycles. The molecule has 0 fully saturated rings. The number of rotatable bonds is 5. The Labute approximate surface area is 121 Å². The topological polar surface area (TPSA) is 49.4 Å². The normalized spacial score (nSPS) is 11.8. The molecule has 0 radical (unpaired) electrons. The molecule has 2 amide bonds. The van der Waals surface area contributed by atoms with Crippen LogP contribution in [0.4, 0.5) is 5.69 Å². The van der Waals surface area contributed by atoms with E-state index in [1.54, 1.807) is 0 Å². The number of aryl methyl sites for hydroxylation is 2. The molecule has 0 aliphatic carbocycles. The fourth-order valence-electron chi connectivity index (χ4n) is 2.06. The third-order valence-corrected chi connectivity index (χ3v) is 3.22. The molecule has 0 saturated carbocycles. The highest BCUT2D eigenvalue weighted by molar-refractivity contribution is 5.97. The summed E-state index contributed by atoms with van der Waals surface area (Å²) in [6, 6.07) is 6.01. The van der Waals surface area contributed by atoms with E-state index in [1.807, 2.05) is 45.9 Å². The second-order valence-electron chi connectivity index (χ2n) is 5.33. The minimum atomic E-state index is -0.131. The summed E-state index contributed by atoms with van der Waals surface area (Å²) in [7, 11) is 0. The molecule has 1 aromatic rings. The minimum Gasteiger partial charge on any atom is -0.352 e. The van der Waals surface area contributed by atoms with Crippen LogP contribution in [0.15, 0.2) is 18.2 Å². The van der Waals surface area contributed by atoms with E-state index in [1.165, 1.54) is 11.8 Å². The number of carbonyl (C=O) groups is 2. The van der Waals surface area contributed by atoms with Crippen molar-refractivity contribution in [3.8, 4) is 0 Å². The number of nitrogens with zero attached hydrogens (tertiary/aromatic N) is 1.